The molecule has 0 aliphatic heterocycles. The maximum atomic E-state index is 12.5. The van der Waals surface area contributed by atoms with Crippen LogP contribution >= 0.6 is 15.9 Å². The normalized spacial score (nSPS) is 12.5. The highest BCUT2D eigenvalue weighted by Crippen LogP contribution is 2.16. The topological polar surface area (TPSA) is 55.7 Å². The van der Waals surface area contributed by atoms with Crippen LogP contribution in [0.25, 0.3) is 6.08 Å². The van der Waals surface area contributed by atoms with E-state index in [0.29, 0.717) is 13.0 Å². The zero-order chi connectivity index (χ0) is 17.4. The van der Waals surface area contributed by atoms with E-state index in [1.54, 1.807) is 24.0 Å². The van der Waals surface area contributed by atoms with Crippen LogP contribution < -0.4 is 0 Å². The quantitative estimate of drug-likeness (QED) is 0.525. The lowest BCUT2D eigenvalue weighted by atomic mass is 10.1. The zero-order valence-electron chi connectivity index (χ0n) is 13.2. The summed E-state index contributed by atoms with van der Waals surface area (Å²) >= 11 is 3.19. The molecule has 24 heavy (non-hydrogen) atoms. The van der Waals surface area contributed by atoms with E-state index in [-0.39, 0.29) is 10.8 Å². The van der Waals surface area contributed by atoms with Gasteiger partial charge in [-0.05, 0) is 41.2 Å². The molecule has 2 aromatic rings. The SMILES string of the molecule is CCO/C(Cc1ccccc1)=N/S(=O)(=O)c1ccc(/C=C\Br)cc1. The van der Waals surface area contributed by atoms with Crippen molar-refractivity contribution in [2.45, 2.75) is 18.2 Å². The summed E-state index contributed by atoms with van der Waals surface area (Å²) in [5, 5.41) is 0. The van der Waals surface area contributed by atoms with Crippen LogP contribution in [-0.2, 0) is 21.2 Å². The minimum absolute atomic E-state index is 0.138. The summed E-state index contributed by atoms with van der Waals surface area (Å²) in [6.07, 6.45) is 2.15. The largest absolute Gasteiger partial charge is 0.480 e. The summed E-state index contributed by atoms with van der Waals surface area (Å²) in [5.74, 6) is 0.188. The molecule has 6 heteroatoms. The highest BCUT2D eigenvalue weighted by atomic mass is 79.9. The first-order chi connectivity index (χ1) is 11.5. The summed E-state index contributed by atoms with van der Waals surface area (Å²) in [4.78, 5) is 1.85. The summed E-state index contributed by atoms with van der Waals surface area (Å²) in [7, 11) is -3.81. The van der Waals surface area contributed by atoms with Crippen molar-refractivity contribution in [1.29, 1.82) is 0 Å². The Bertz CT molecular complexity index is 813. The molecule has 0 aromatic heterocycles. The van der Waals surface area contributed by atoms with E-state index < -0.39 is 10.0 Å². The standard InChI is InChI=1S/C18H18BrNO3S/c1-2-23-18(14-16-6-4-3-5-7-16)20-24(21,22)17-10-8-15(9-11-17)12-13-19/h3-13H,2,14H2,1H3/b13-12-,20-18+. The van der Waals surface area contributed by atoms with Gasteiger partial charge in [-0.3, -0.25) is 0 Å². The van der Waals surface area contributed by atoms with Crippen molar-refractivity contribution in [1.82, 2.24) is 0 Å². The van der Waals surface area contributed by atoms with Gasteiger partial charge in [0.05, 0.1) is 11.5 Å². The van der Waals surface area contributed by atoms with Gasteiger partial charge in [0.2, 0.25) is 5.90 Å². The molecule has 0 saturated carbocycles. The second-order valence-corrected chi connectivity index (χ2v) is 7.05. The van der Waals surface area contributed by atoms with Crippen LogP contribution in [0.3, 0.4) is 0 Å². The maximum absolute atomic E-state index is 12.5. The number of sulfonamides is 1. The number of benzene rings is 2. The van der Waals surface area contributed by atoms with E-state index in [4.69, 9.17) is 4.74 Å². The molecule has 0 fully saturated rings. The van der Waals surface area contributed by atoms with Gasteiger partial charge in [-0.15, -0.1) is 4.40 Å². The molecule has 0 aliphatic carbocycles. The van der Waals surface area contributed by atoms with Gasteiger partial charge in [-0.1, -0.05) is 58.4 Å². The van der Waals surface area contributed by atoms with E-state index in [0.717, 1.165) is 11.1 Å². The predicted octanol–water partition coefficient (Wildman–Crippen LogP) is 4.42. The van der Waals surface area contributed by atoms with Crippen LogP contribution in [0.5, 0.6) is 0 Å². The molecule has 0 N–H and O–H groups in total. The molecule has 0 saturated heterocycles. The third kappa shape index (κ3) is 5.32. The zero-order valence-corrected chi connectivity index (χ0v) is 15.6. The molecular formula is C18H18BrNO3S. The molecule has 0 atom stereocenters. The smallest absolute Gasteiger partial charge is 0.285 e. The Morgan fingerprint density at radius 2 is 1.79 bits per heavy atom. The third-order valence-corrected chi connectivity index (χ3v) is 4.74. The van der Waals surface area contributed by atoms with Gasteiger partial charge in [0, 0.05) is 6.42 Å². The second-order valence-electron chi connectivity index (χ2n) is 4.92. The molecule has 0 amide bonds. The average Bonchev–Trinajstić information content (AvgIpc) is 2.56. The van der Waals surface area contributed by atoms with Gasteiger partial charge in [0.25, 0.3) is 10.0 Å². The van der Waals surface area contributed by atoms with Gasteiger partial charge in [0.15, 0.2) is 0 Å². The van der Waals surface area contributed by atoms with Crippen molar-refractivity contribution in [2.75, 3.05) is 6.61 Å². The third-order valence-electron chi connectivity index (χ3n) is 3.16. The number of nitrogens with zero attached hydrogens (tertiary/aromatic N) is 1. The van der Waals surface area contributed by atoms with Crippen LogP contribution in [0.15, 0.2) is 68.9 Å². The van der Waals surface area contributed by atoms with Crippen LogP contribution in [0.4, 0.5) is 0 Å². The first-order valence-corrected chi connectivity index (χ1v) is 9.78. The fraction of sp³-hybridized carbons (Fsp3) is 0.167. The molecule has 0 unspecified atom stereocenters. The number of rotatable bonds is 6. The second kappa shape index (κ2) is 8.80. The van der Waals surface area contributed by atoms with Gasteiger partial charge in [-0.2, -0.15) is 8.42 Å². The number of ether oxygens (including phenoxy) is 1. The molecule has 0 spiro atoms. The van der Waals surface area contributed by atoms with Crippen molar-refractivity contribution < 1.29 is 13.2 Å². The van der Waals surface area contributed by atoms with E-state index in [1.807, 2.05) is 36.4 Å². The molecule has 4 nitrogen and oxygen atoms in total. The van der Waals surface area contributed by atoms with Crippen LogP contribution in [0, 0.1) is 0 Å². The monoisotopic (exact) mass is 407 g/mol. The lowest BCUT2D eigenvalue weighted by Gasteiger charge is -2.08. The summed E-state index contributed by atoms with van der Waals surface area (Å²) in [6.45, 7) is 2.16. The maximum Gasteiger partial charge on any atom is 0.285 e. The number of halogens is 1. The lowest BCUT2D eigenvalue weighted by Crippen LogP contribution is -2.12. The fourth-order valence-corrected chi connectivity index (χ4v) is 3.33. The van der Waals surface area contributed by atoms with Crippen LogP contribution in [0.2, 0.25) is 0 Å². The molecule has 0 heterocycles. The Labute approximate surface area is 151 Å². The summed E-state index contributed by atoms with van der Waals surface area (Å²) < 4.78 is 34.3. The van der Waals surface area contributed by atoms with Crippen molar-refractivity contribution >= 4 is 37.9 Å². The Morgan fingerprint density at radius 3 is 2.38 bits per heavy atom. The Morgan fingerprint density at radius 1 is 1.12 bits per heavy atom. The Balaban J connectivity index is 2.28. The van der Waals surface area contributed by atoms with Gasteiger partial charge < -0.3 is 4.74 Å². The summed E-state index contributed by atoms with van der Waals surface area (Å²) in [6, 6.07) is 16.0. The first-order valence-electron chi connectivity index (χ1n) is 7.42. The number of hydrogen-bond acceptors (Lipinski definition) is 3. The van der Waals surface area contributed by atoms with Crippen molar-refractivity contribution in [3.8, 4) is 0 Å². The highest BCUT2D eigenvalue weighted by molar-refractivity contribution is 9.11. The molecule has 0 aliphatic rings. The Hall–Kier alpha value is -1.92. The molecule has 2 aromatic carbocycles. The molecular weight excluding hydrogens is 390 g/mol. The van der Waals surface area contributed by atoms with Gasteiger partial charge in [0.1, 0.15) is 0 Å². The fourth-order valence-electron chi connectivity index (χ4n) is 2.06. The minimum atomic E-state index is -3.81. The van der Waals surface area contributed by atoms with E-state index in [9.17, 15) is 8.42 Å². The van der Waals surface area contributed by atoms with E-state index in [2.05, 4.69) is 20.3 Å². The first kappa shape index (κ1) is 18.4. The van der Waals surface area contributed by atoms with Crippen LogP contribution in [-0.4, -0.2) is 20.9 Å². The minimum Gasteiger partial charge on any atom is -0.480 e. The van der Waals surface area contributed by atoms with E-state index >= 15 is 0 Å². The van der Waals surface area contributed by atoms with Gasteiger partial charge in [-0.25, -0.2) is 0 Å². The van der Waals surface area contributed by atoms with Gasteiger partial charge >= 0.3 is 0 Å². The van der Waals surface area contributed by atoms with Crippen molar-refractivity contribution in [3.63, 3.8) is 0 Å². The van der Waals surface area contributed by atoms with Crippen molar-refractivity contribution in [3.05, 3.63) is 70.7 Å². The molecule has 0 bridgehead atoms. The lowest BCUT2D eigenvalue weighted by molar-refractivity contribution is 0.321. The molecule has 2 rings (SSSR count). The summed E-state index contributed by atoms with van der Waals surface area (Å²) in [5.41, 5.74) is 1.84. The molecule has 126 valence electrons. The van der Waals surface area contributed by atoms with Crippen LogP contribution in [0.1, 0.15) is 18.1 Å². The van der Waals surface area contributed by atoms with Crippen molar-refractivity contribution in [2.24, 2.45) is 4.40 Å². The molecule has 0 radical (unpaired) electrons. The highest BCUT2D eigenvalue weighted by Gasteiger charge is 2.15. The number of hydrogen-bond donors (Lipinski definition) is 0. The average molecular weight is 408 g/mol. The van der Waals surface area contributed by atoms with E-state index in [1.165, 1.54) is 12.1 Å². The Kier molecular flexibility index (Phi) is 6.75. The predicted molar refractivity (Wildman–Crippen MR) is 101 cm³/mol.